The van der Waals surface area contributed by atoms with Crippen LogP contribution in [0.15, 0.2) is 18.2 Å². The van der Waals surface area contributed by atoms with Crippen LogP contribution in [0.4, 0.5) is 4.39 Å². The Balaban J connectivity index is 2.46. The van der Waals surface area contributed by atoms with Crippen molar-refractivity contribution in [1.82, 2.24) is 0 Å². The molecule has 0 heterocycles. The third-order valence-corrected chi connectivity index (χ3v) is 3.89. The minimum Gasteiger partial charge on any atom is -0.327 e. The summed E-state index contributed by atoms with van der Waals surface area (Å²) in [5.41, 5.74) is 6.90. The molecule has 0 fully saturated rings. The van der Waals surface area contributed by atoms with Gasteiger partial charge in [-0.1, -0.05) is 24.6 Å². The Morgan fingerprint density at radius 1 is 1.50 bits per heavy atom. The molecule has 2 N–H and O–H groups in total. The lowest BCUT2D eigenvalue weighted by Crippen LogP contribution is -2.25. The van der Waals surface area contributed by atoms with Gasteiger partial charge in [0, 0.05) is 16.8 Å². The average molecular weight is 262 g/mol. The molecule has 0 amide bonds. The van der Waals surface area contributed by atoms with Crippen molar-refractivity contribution in [1.29, 1.82) is 0 Å². The maximum Gasteiger partial charge on any atom is 0.124 e. The fraction of sp³-hybridized carbons (Fsp3) is 0.500. The van der Waals surface area contributed by atoms with Crippen molar-refractivity contribution in [3.63, 3.8) is 0 Å². The molecule has 1 unspecified atom stereocenters. The van der Waals surface area contributed by atoms with E-state index >= 15 is 0 Å². The molecule has 0 saturated carbocycles. The van der Waals surface area contributed by atoms with Crippen LogP contribution in [0, 0.1) is 5.82 Å². The van der Waals surface area contributed by atoms with Gasteiger partial charge < -0.3 is 5.73 Å². The van der Waals surface area contributed by atoms with Crippen LogP contribution in [0.1, 0.15) is 18.9 Å². The minimum absolute atomic E-state index is 0.0829. The van der Waals surface area contributed by atoms with Gasteiger partial charge >= 0.3 is 0 Å². The molecule has 0 aromatic heterocycles. The van der Waals surface area contributed by atoms with Crippen molar-refractivity contribution in [2.24, 2.45) is 5.73 Å². The second-order valence-corrected chi connectivity index (χ2v) is 5.33. The lowest BCUT2D eigenvalue weighted by Gasteiger charge is -2.12. The molecule has 1 rings (SSSR count). The number of halogens is 2. The Labute approximate surface area is 106 Å². The van der Waals surface area contributed by atoms with Crippen LogP contribution in [0.3, 0.4) is 0 Å². The maximum absolute atomic E-state index is 12.8. The van der Waals surface area contributed by atoms with Crippen LogP contribution in [0.2, 0.25) is 5.02 Å². The zero-order valence-corrected chi connectivity index (χ0v) is 11.0. The quantitative estimate of drug-likeness (QED) is 0.794. The molecule has 0 aliphatic carbocycles. The van der Waals surface area contributed by atoms with Gasteiger partial charge in [-0.25, -0.2) is 4.39 Å². The predicted molar refractivity (Wildman–Crippen MR) is 70.7 cm³/mol. The van der Waals surface area contributed by atoms with Gasteiger partial charge in [0.25, 0.3) is 0 Å². The number of thioether (sulfide) groups is 1. The van der Waals surface area contributed by atoms with Gasteiger partial charge in [-0.3, -0.25) is 0 Å². The third kappa shape index (κ3) is 4.73. The summed E-state index contributed by atoms with van der Waals surface area (Å²) in [6.45, 7) is 2.15. The summed E-state index contributed by atoms with van der Waals surface area (Å²) in [5.74, 6) is 1.74. The van der Waals surface area contributed by atoms with Crippen molar-refractivity contribution >= 4 is 23.4 Å². The number of hydrogen-bond acceptors (Lipinski definition) is 2. The molecule has 1 aromatic carbocycles. The fourth-order valence-electron chi connectivity index (χ4n) is 1.41. The SMILES string of the molecule is CCCSCC(N)Cc1ccc(F)cc1Cl. The van der Waals surface area contributed by atoms with Gasteiger partial charge in [0.15, 0.2) is 0 Å². The number of benzene rings is 1. The summed E-state index contributed by atoms with van der Waals surface area (Å²) in [4.78, 5) is 0. The first-order valence-electron chi connectivity index (χ1n) is 5.40. The first kappa shape index (κ1) is 13.8. The highest BCUT2D eigenvalue weighted by Gasteiger charge is 2.08. The third-order valence-electron chi connectivity index (χ3n) is 2.18. The monoisotopic (exact) mass is 261 g/mol. The van der Waals surface area contributed by atoms with Crippen LogP contribution >= 0.6 is 23.4 Å². The molecule has 16 heavy (non-hydrogen) atoms. The van der Waals surface area contributed by atoms with Gasteiger partial charge in [0.05, 0.1) is 0 Å². The van der Waals surface area contributed by atoms with Crippen LogP contribution in [-0.4, -0.2) is 17.5 Å². The van der Waals surface area contributed by atoms with Crippen molar-refractivity contribution in [2.45, 2.75) is 25.8 Å². The maximum atomic E-state index is 12.8. The summed E-state index contributed by atoms with van der Waals surface area (Å²) in [6.07, 6.45) is 1.87. The zero-order chi connectivity index (χ0) is 12.0. The Kier molecular flexibility index (Phi) is 6.17. The Morgan fingerprint density at radius 2 is 2.25 bits per heavy atom. The van der Waals surface area contributed by atoms with Gasteiger partial charge in [0.1, 0.15) is 5.82 Å². The van der Waals surface area contributed by atoms with E-state index in [-0.39, 0.29) is 11.9 Å². The van der Waals surface area contributed by atoms with Crippen LogP contribution < -0.4 is 5.73 Å². The normalized spacial score (nSPS) is 12.8. The summed E-state index contributed by atoms with van der Waals surface area (Å²) < 4.78 is 12.8. The topological polar surface area (TPSA) is 26.0 Å². The molecule has 90 valence electrons. The molecule has 0 aliphatic heterocycles. The lowest BCUT2D eigenvalue weighted by atomic mass is 10.1. The molecule has 4 heteroatoms. The summed E-state index contributed by atoms with van der Waals surface area (Å²) >= 11 is 7.78. The number of rotatable bonds is 6. The standard InChI is InChI=1S/C12H17ClFNS/c1-2-5-16-8-11(15)6-9-3-4-10(14)7-12(9)13/h3-4,7,11H,2,5-6,8,15H2,1H3. The minimum atomic E-state index is -0.303. The molecule has 1 atom stereocenters. The van der Waals surface area contributed by atoms with Gasteiger partial charge in [-0.15, -0.1) is 0 Å². The van der Waals surface area contributed by atoms with Gasteiger partial charge in [0.2, 0.25) is 0 Å². The molecule has 0 radical (unpaired) electrons. The first-order valence-corrected chi connectivity index (χ1v) is 6.94. The largest absolute Gasteiger partial charge is 0.327 e. The van der Waals surface area contributed by atoms with Crippen molar-refractivity contribution < 1.29 is 4.39 Å². The van der Waals surface area contributed by atoms with E-state index < -0.39 is 0 Å². The van der Waals surface area contributed by atoms with Crippen molar-refractivity contribution in [2.75, 3.05) is 11.5 Å². The van der Waals surface area contributed by atoms with E-state index in [1.54, 1.807) is 6.07 Å². The zero-order valence-electron chi connectivity index (χ0n) is 9.38. The van der Waals surface area contributed by atoms with Crippen LogP contribution in [0.25, 0.3) is 0 Å². The van der Waals surface area contributed by atoms with E-state index in [1.165, 1.54) is 12.1 Å². The molecule has 0 aliphatic rings. The van der Waals surface area contributed by atoms with Crippen LogP contribution in [-0.2, 0) is 6.42 Å². The second-order valence-electron chi connectivity index (χ2n) is 3.77. The molecular formula is C12H17ClFNS. The van der Waals surface area contributed by atoms with E-state index in [1.807, 2.05) is 11.8 Å². The van der Waals surface area contributed by atoms with E-state index in [9.17, 15) is 4.39 Å². The van der Waals surface area contributed by atoms with E-state index in [0.29, 0.717) is 11.4 Å². The highest BCUT2D eigenvalue weighted by Crippen LogP contribution is 2.19. The first-order chi connectivity index (χ1) is 7.63. The average Bonchev–Trinajstić information content (AvgIpc) is 2.23. The van der Waals surface area contributed by atoms with Gasteiger partial charge in [-0.2, -0.15) is 11.8 Å². The number of hydrogen-bond donors (Lipinski definition) is 1. The molecular weight excluding hydrogens is 245 g/mol. The summed E-state index contributed by atoms with van der Waals surface area (Å²) in [5, 5.41) is 0.468. The van der Waals surface area contributed by atoms with E-state index in [2.05, 4.69) is 6.92 Å². The Morgan fingerprint density at radius 3 is 2.88 bits per heavy atom. The molecule has 0 bridgehead atoms. The smallest absolute Gasteiger partial charge is 0.124 e. The van der Waals surface area contributed by atoms with Gasteiger partial charge in [-0.05, 0) is 36.3 Å². The molecule has 0 saturated heterocycles. The fourth-order valence-corrected chi connectivity index (χ4v) is 2.53. The van der Waals surface area contributed by atoms with Crippen molar-refractivity contribution in [3.05, 3.63) is 34.6 Å². The van der Waals surface area contributed by atoms with Crippen molar-refractivity contribution in [3.8, 4) is 0 Å². The molecule has 1 nitrogen and oxygen atoms in total. The molecule has 1 aromatic rings. The highest BCUT2D eigenvalue weighted by atomic mass is 35.5. The number of nitrogens with two attached hydrogens (primary N) is 1. The van der Waals surface area contributed by atoms with E-state index in [4.69, 9.17) is 17.3 Å². The predicted octanol–water partition coefficient (Wildman–Crippen LogP) is 3.49. The molecule has 0 spiro atoms. The Hall–Kier alpha value is -0.250. The summed E-state index contributed by atoms with van der Waals surface area (Å²) in [6, 6.07) is 4.55. The Bertz CT molecular complexity index is 333. The summed E-state index contributed by atoms with van der Waals surface area (Å²) in [7, 11) is 0. The highest BCUT2D eigenvalue weighted by molar-refractivity contribution is 7.99. The van der Waals surface area contributed by atoms with Crippen LogP contribution in [0.5, 0.6) is 0 Å². The second kappa shape index (κ2) is 7.15. The lowest BCUT2D eigenvalue weighted by molar-refractivity contribution is 0.626. The van der Waals surface area contributed by atoms with E-state index in [0.717, 1.165) is 23.5 Å².